The first-order valence-corrected chi connectivity index (χ1v) is 13.9. The van der Waals surface area contributed by atoms with Crippen LogP contribution >= 0.6 is 0 Å². The molecule has 0 aromatic carbocycles. The number of rotatable bonds is 17. The molecule has 0 aromatic rings. The van der Waals surface area contributed by atoms with Gasteiger partial charge in [0.15, 0.2) is 6.10 Å². The Labute approximate surface area is 184 Å². The molecular formula is C23H45NO5S. The average Bonchev–Trinajstić information content (AvgIpc) is 2.93. The molecule has 1 N–H and O–H groups in total. The van der Waals surface area contributed by atoms with E-state index in [-0.39, 0.29) is 5.97 Å². The van der Waals surface area contributed by atoms with Gasteiger partial charge in [0.05, 0.1) is 29.0 Å². The monoisotopic (exact) mass is 447 g/mol. The maximum Gasteiger partial charge on any atom is 0.306 e. The number of ether oxygens (including phenoxy) is 1. The van der Waals surface area contributed by atoms with E-state index in [0.29, 0.717) is 13.0 Å². The summed E-state index contributed by atoms with van der Waals surface area (Å²) in [6.07, 6.45) is 17.4. The van der Waals surface area contributed by atoms with Gasteiger partial charge in [-0.2, -0.15) is 0 Å². The fourth-order valence-corrected chi connectivity index (χ4v) is 4.94. The van der Waals surface area contributed by atoms with E-state index < -0.39 is 22.0 Å². The molecule has 6 nitrogen and oxygen atoms in total. The molecule has 1 fully saturated rings. The van der Waals surface area contributed by atoms with E-state index in [9.17, 15) is 17.8 Å². The van der Waals surface area contributed by atoms with Crippen molar-refractivity contribution in [2.45, 2.75) is 116 Å². The third-order valence-corrected chi connectivity index (χ3v) is 6.78. The topological polar surface area (TPSA) is 87.9 Å². The number of esters is 1. The van der Waals surface area contributed by atoms with Gasteiger partial charge < -0.3 is 14.2 Å². The highest BCUT2D eigenvalue weighted by Gasteiger charge is 2.24. The highest BCUT2D eigenvalue weighted by molar-refractivity contribution is 7.85. The predicted octanol–water partition coefficient (Wildman–Crippen LogP) is 3.60. The third kappa shape index (κ3) is 16.1. The van der Waals surface area contributed by atoms with Crippen LogP contribution in [-0.2, 0) is 19.6 Å². The minimum Gasteiger partial charge on any atom is -0.748 e. The molecule has 0 aromatic heterocycles. The smallest absolute Gasteiger partial charge is 0.306 e. The molecule has 1 heterocycles. The molecular weight excluding hydrogens is 402 g/mol. The first-order valence-electron chi connectivity index (χ1n) is 12.4. The van der Waals surface area contributed by atoms with Gasteiger partial charge in [-0.3, -0.25) is 4.79 Å². The molecule has 30 heavy (non-hydrogen) atoms. The van der Waals surface area contributed by atoms with Gasteiger partial charge >= 0.3 is 5.97 Å². The number of hydrogen-bond acceptors (Lipinski definition) is 5. The lowest BCUT2D eigenvalue weighted by molar-refractivity contribution is -0.901. The van der Waals surface area contributed by atoms with Gasteiger partial charge in [-0.05, 0) is 32.1 Å². The Hall–Kier alpha value is -0.660. The number of quaternary nitrogens is 1. The molecule has 0 spiro atoms. The number of carbonyl (C=O) groups excluding carboxylic acids is 1. The van der Waals surface area contributed by atoms with E-state index in [1.165, 1.54) is 69.1 Å². The van der Waals surface area contributed by atoms with Crippen molar-refractivity contribution in [3.05, 3.63) is 0 Å². The van der Waals surface area contributed by atoms with Gasteiger partial charge in [0.2, 0.25) is 0 Å². The molecule has 1 rings (SSSR count). The van der Waals surface area contributed by atoms with Crippen LogP contribution in [-0.4, -0.2) is 50.4 Å². The Morgan fingerprint density at radius 2 is 1.37 bits per heavy atom. The molecule has 1 saturated heterocycles. The summed E-state index contributed by atoms with van der Waals surface area (Å²) in [6.45, 7) is 4.56. The van der Waals surface area contributed by atoms with E-state index in [1.807, 2.05) is 0 Å². The van der Waals surface area contributed by atoms with Gasteiger partial charge in [0.25, 0.3) is 0 Å². The zero-order valence-corrected chi connectivity index (χ0v) is 20.0. The molecule has 1 atom stereocenters. The third-order valence-electron chi connectivity index (χ3n) is 6.00. The van der Waals surface area contributed by atoms with Crippen molar-refractivity contribution in [2.24, 2.45) is 0 Å². The van der Waals surface area contributed by atoms with E-state index in [1.54, 1.807) is 0 Å². The number of hydrogen-bond donors (Lipinski definition) is 1. The van der Waals surface area contributed by atoms with Crippen LogP contribution < -0.4 is 4.90 Å². The lowest BCUT2D eigenvalue weighted by atomic mass is 10.1. The van der Waals surface area contributed by atoms with Crippen molar-refractivity contribution in [1.82, 2.24) is 0 Å². The molecule has 1 unspecified atom stereocenters. The molecule has 0 amide bonds. The second-order valence-electron chi connectivity index (χ2n) is 8.99. The van der Waals surface area contributed by atoms with Gasteiger partial charge in [-0.1, -0.05) is 71.1 Å². The number of unbranched alkanes of at least 4 members (excludes halogenated alkanes) is 10. The summed E-state index contributed by atoms with van der Waals surface area (Å²) in [5, 5.41) is 0. The van der Waals surface area contributed by atoms with E-state index in [4.69, 9.17) is 4.74 Å². The Morgan fingerprint density at radius 3 is 1.87 bits per heavy atom. The van der Waals surface area contributed by atoms with Gasteiger partial charge in [0.1, 0.15) is 6.54 Å². The normalized spacial score (nSPS) is 16.9. The largest absolute Gasteiger partial charge is 0.748 e. The summed E-state index contributed by atoms with van der Waals surface area (Å²) in [5.74, 6) is -0.977. The summed E-state index contributed by atoms with van der Waals surface area (Å²) >= 11 is 0. The van der Waals surface area contributed by atoms with Crippen molar-refractivity contribution in [2.75, 3.05) is 25.4 Å². The fourth-order valence-electron chi connectivity index (χ4n) is 4.30. The van der Waals surface area contributed by atoms with Crippen LogP contribution in [0.15, 0.2) is 0 Å². The van der Waals surface area contributed by atoms with Crippen LogP contribution in [0, 0.1) is 0 Å². The summed E-state index contributed by atoms with van der Waals surface area (Å²) in [6, 6.07) is 0. The van der Waals surface area contributed by atoms with E-state index in [2.05, 4.69) is 6.92 Å². The van der Waals surface area contributed by atoms with Crippen molar-refractivity contribution in [3.63, 3.8) is 0 Å². The first kappa shape index (κ1) is 27.4. The van der Waals surface area contributed by atoms with Crippen LogP contribution in [0.4, 0.5) is 0 Å². The van der Waals surface area contributed by atoms with Crippen molar-refractivity contribution in [3.8, 4) is 0 Å². The van der Waals surface area contributed by atoms with Gasteiger partial charge in [-0.25, -0.2) is 8.42 Å². The quantitative estimate of drug-likeness (QED) is 0.209. The van der Waals surface area contributed by atoms with Gasteiger partial charge in [0, 0.05) is 6.42 Å². The lowest BCUT2D eigenvalue weighted by Gasteiger charge is -2.24. The maximum atomic E-state index is 12.2. The summed E-state index contributed by atoms with van der Waals surface area (Å²) in [5.41, 5.74) is 0. The highest BCUT2D eigenvalue weighted by Crippen LogP contribution is 2.12. The number of nitrogens with one attached hydrogen (secondary N) is 1. The number of carbonyl (C=O) groups is 1. The van der Waals surface area contributed by atoms with Crippen LogP contribution in [0.25, 0.3) is 0 Å². The molecule has 0 bridgehead atoms. The molecule has 0 radical (unpaired) electrons. The van der Waals surface area contributed by atoms with Crippen molar-refractivity contribution >= 4 is 16.1 Å². The zero-order valence-electron chi connectivity index (χ0n) is 19.2. The Balaban J connectivity index is 2.18. The summed E-state index contributed by atoms with van der Waals surface area (Å²) in [7, 11) is -4.42. The van der Waals surface area contributed by atoms with E-state index >= 15 is 0 Å². The molecule has 178 valence electrons. The first-order chi connectivity index (χ1) is 14.4. The SMILES string of the molecule is CCCCCCCCCCCCCC(=O)OC(C[NH+]1CCCCCC1)CS(=O)(=O)[O-]. The fraction of sp³-hybridized carbons (Fsp3) is 0.957. The number of likely N-dealkylation sites (tertiary alicyclic amines) is 1. The van der Waals surface area contributed by atoms with Crippen molar-refractivity contribution < 1.29 is 27.4 Å². The van der Waals surface area contributed by atoms with E-state index in [0.717, 1.165) is 45.2 Å². The molecule has 0 saturated carbocycles. The molecule has 0 aliphatic carbocycles. The van der Waals surface area contributed by atoms with Crippen LogP contribution in [0.2, 0.25) is 0 Å². The van der Waals surface area contributed by atoms with Crippen LogP contribution in [0.3, 0.4) is 0 Å². The Bertz CT molecular complexity index is 530. The summed E-state index contributed by atoms with van der Waals surface area (Å²) in [4.78, 5) is 13.4. The molecule has 7 heteroatoms. The van der Waals surface area contributed by atoms with Crippen LogP contribution in [0.1, 0.15) is 110 Å². The second-order valence-corrected chi connectivity index (χ2v) is 10.4. The minimum atomic E-state index is -4.42. The lowest BCUT2D eigenvalue weighted by Crippen LogP contribution is -3.13. The summed E-state index contributed by atoms with van der Waals surface area (Å²) < 4.78 is 39.1. The minimum absolute atomic E-state index is 0.307. The molecule has 1 aliphatic rings. The predicted molar refractivity (Wildman–Crippen MR) is 120 cm³/mol. The highest BCUT2D eigenvalue weighted by atomic mass is 32.2. The average molecular weight is 448 g/mol. The standard InChI is InChI=1S/C23H45NO5S/c1-2-3-4-5-6-7-8-9-10-11-14-17-23(25)29-22(21-30(26,27)28)20-24-18-15-12-13-16-19-24/h22H,2-21H2,1H3,(H,26,27,28). The maximum absolute atomic E-state index is 12.2. The Morgan fingerprint density at radius 1 is 0.867 bits per heavy atom. The van der Waals surface area contributed by atoms with Crippen LogP contribution in [0.5, 0.6) is 0 Å². The second kappa shape index (κ2) is 17.0. The zero-order chi connectivity index (χ0) is 22.1. The molecule has 1 aliphatic heterocycles. The van der Waals surface area contributed by atoms with Gasteiger partial charge in [-0.15, -0.1) is 0 Å². The Kier molecular flexibility index (Phi) is 15.5. The van der Waals surface area contributed by atoms with Crippen molar-refractivity contribution in [1.29, 1.82) is 0 Å².